The number of hydrogen-bond acceptors (Lipinski definition) is 4. The summed E-state index contributed by atoms with van der Waals surface area (Å²) in [7, 11) is 4.16. The molecule has 0 bridgehead atoms. The van der Waals surface area contributed by atoms with E-state index in [0.29, 0.717) is 38.0 Å². The van der Waals surface area contributed by atoms with Crippen LogP contribution in [0.2, 0.25) is 0 Å². The molecule has 0 unspecified atom stereocenters. The molecule has 2 heterocycles. The lowest BCUT2D eigenvalue weighted by atomic mass is 9.80. The van der Waals surface area contributed by atoms with Gasteiger partial charge in [0.15, 0.2) is 0 Å². The molecule has 21 heavy (non-hydrogen) atoms. The van der Waals surface area contributed by atoms with Crippen molar-refractivity contribution in [3.63, 3.8) is 0 Å². The smallest absolute Gasteiger partial charge is 0.243 e. The molecule has 2 atom stereocenters. The molecule has 1 amide bonds. The van der Waals surface area contributed by atoms with Gasteiger partial charge in [-0.3, -0.25) is 4.79 Å². The normalized spacial score (nSPS) is 28.6. The van der Waals surface area contributed by atoms with E-state index in [4.69, 9.17) is 4.74 Å². The van der Waals surface area contributed by atoms with E-state index in [1.807, 2.05) is 4.90 Å². The van der Waals surface area contributed by atoms with Crippen LogP contribution in [0, 0.1) is 22.7 Å². The number of nitrogens with zero attached hydrogens (tertiary/aromatic N) is 3. The van der Waals surface area contributed by atoms with Gasteiger partial charge in [0.05, 0.1) is 6.07 Å². The molecule has 118 valence electrons. The van der Waals surface area contributed by atoms with Crippen LogP contribution in [-0.4, -0.2) is 62.1 Å². The van der Waals surface area contributed by atoms with Crippen molar-refractivity contribution in [2.24, 2.45) is 11.3 Å². The topological polar surface area (TPSA) is 56.6 Å². The van der Waals surface area contributed by atoms with Crippen molar-refractivity contribution in [2.75, 3.05) is 40.4 Å². The fourth-order valence-electron chi connectivity index (χ4n) is 3.66. The Labute approximate surface area is 127 Å². The summed E-state index contributed by atoms with van der Waals surface area (Å²) in [6, 6.07) is 2.71. The lowest BCUT2D eigenvalue weighted by molar-refractivity contribution is -0.142. The fourth-order valence-corrected chi connectivity index (χ4v) is 3.66. The van der Waals surface area contributed by atoms with Crippen LogP contribution < -0.4 is 0 Å². The van der Waals surface area contributed by atoms with Crippen LogP contribution in [0.1, 0.15) is 32.6 Å². The summed E-state index contributed by atoms with van der Waals surface area (Å²) < 4.78 is 5.33. The first kappa shape index (κ1) is 16.3. The van der Waals surface area contributed by atoms with Gasteiger partial charge in [-0.25, -0.2) is 0 Å². The van der Waals surface area contributed by atoms with Gasteiger partial charge in [0.25, 0.3) is 0 Å². The van der Waals surface area contributed by atoms with Crippen LogP contribution in [0.5, 0.6) is 0 Å². The van der Waals surface area contributed by atoms with Gasteiger partial charge in [0.2, 0.25) is 5.91 Å². The van der Waals surface area contributed by atoms with E-state index in [0.717, 1.165) is 25.9 Å². The largest absolute Gasteiger partial charge is 0.381 e. The molecule has 0 aromatic carbocycles. The first-order valence-corrected chi connectivity index (χ1v) is 7.99. The molecule has 2 saturated heterocycles. The molecule has 5 nitrogen and oxygen atoms in total. The Hall–Kier alpha value is -1.12. The lowest BCUT2D eigenvalue weighted by Gasteiger charge is -2.33. The highest BCUT2D eigenvalue weighted by Gasteiger charge is 2.46. The van der Waals surface area contributed by atoms with Gasteiger partial charge in [-0.1, -0.05) is 13.3 Å². The second-order valence-electron chi connectivity index (χ2n) is 6.60. The molecule has 0 aromatic rings. The highest BCUT2D eigenvalue weighted by molar-refractivity contribution is 5.86. The molecule has 5 heteroatoms. The van der Waals surface area contributed by atoms with Gasteiger partial charge < -0.3 is 14.5 Å². The van der Waals surface area contributed by atoms with E-state index in [1.165, 1.54) is 0 Å². The number of likely N-dealkylation sites (N-methyl/N-ethyl adjacent to an activating group) is 1. The standard InChI is InChI=1S/C16H27N3O2/c1-4-5-13-10-19(11-14(13)18(2)3)15(20)16(12-17)6-8-21-9-7-16/h13-14H,4-11H2,1-3H3/t13-,14-/m1/s1. The molecule has 0 spiro atoms. The molecule has 0 N–H and O–H groups in total. The van der Waals surface area contributed by atoms with Crippen molar-refractivity contribution in [1.29, 1.82) is 5.26 Å². The Bertz CT molecular complexity index is 410. The van der Waals surface area contributed by atoms with Gasteiger partial charge in [0, 0.05) is 32.3 Å². The van der Waals surface area contributed by atoms with Crippen molar-refractivity contribution in [2.45, 2.75) is 38.6 Å². The minimum absolute atomic E-state index is 0.0266. The molecular weight excluding hydrogens is 266 g/mol. The van der Waals surface area contributed by atoms with Crippen LogP contribution >= 0.6 is 0 Å². The average Bonchev–Trinajstić information content (AvgIpc) is 2.91. The highest BCUT2D eigenvalue weighted by Crippen LogP contribution is 2.35. The molecule has 0 saturated carbocycles. The van der Waals surface area contributed by atoms with E-state index in [2.05, 4.69) is 32.0 Å². The van der Waals surface area contributed by atoms with E-state index in [9.17, 15) is 10.1 Å². The first-order valence-electron chi connectivity index (χ1n) is 7.99. The summed E-state index contributed by atoms with van der Waals surface area (Å²) >= 11 is 0. The number of carbonyl (C=O) groups is 1. The second kappa shape index (κ2) is 6.76. The number of nitriles is 1. The number of carbonyl (C=O) groups excluding carboxylic acids is 1. The second-order valence-corrected chi connectivity index (χ2v) is 6.60. The SMILES string of the molecule is CCC[C@@H]1CN(C(=O)C2(C#N)CCOCC2)C[C@H]1N(C)C. The fraction of sp³-hybridized carbons (Fsp3) is 0.875. The maximum atomic E-state index is 12.9. The predicted molar refractivity (Wildman–Crippen MR) is 80.6 cm³/mol. The van der Waals surface area contributed by atoms with Gasteiger partial charge in [-0.15, -0.1) is 0 Å². The van der Waals surface area contributed by atoms with Crippen molar-refractivity contribution in [3.8, 4) is 6.07 Å². The minimum Gasteiger partial charge on any atom is -0.381 e. The maximum Gasteiger partial charge on any atom is 0.243 e. The number of ether oxygens (including phenoxy) is 1. The third kappa shape index (κ3) is 3.22. The van der Waals surface area contributed by atoms with Crippen molar-refractivity contribution in [3.05, 3.63) is 0 Å². The van der Waals surface area contributed by atoms with E-state index in [1.54, 1.807) is 0 Å². The minimum atomic E-state index is -0.851. The summed E-state index contributed by atoms with van der Waals surface area (Å²) in [6.45, 7) is 4.76. The van der Waals surface area contributed by atoms with E-state index < -0.39 is 5.41 Å². The molecular formula is C16H27N3O2. The Kier molecular flexibility index (Phi) is 5.23. The summed E-state index contributed by atoms with van der Waals surface area (Å²) in [6.07, 6.45) is 3.33. The van der Waals surface area contributed by atoms with Crippen molar-refractivity contribution < 1.29 is 9.53 Å². The number of likely N-dealkylation sites (tertiary alicyclic amines) is 1. The quantitative estimate of drug-likeness (QED) is 0.788. The zero-order chi connectivity index (χ0) is 15.5. The van der Waals surface area contributed by atoms with Crippen LogP contribution in [0.25, 0.3) is 0 Å². The van der Waals surface area contributed by atoms with Gasteiger partial charge in [0.1, 0.15) is 5.41 Å². The lowest BCUT2D eigenvalue weighted by Crippen LogP contribution is -2.46. The number of hydrogen-bond donors (Lipinski definition) is 0. The Morgan fingerprint density at radius 2 is 2.05 bits per heavy atom. The third-order valence-electron chi connectivity index (χ3n) is 4.99. The van der Waals surface area contributed by atoms with Crippen LogP contribution in [-0.2, 0) is 9.53 Å². The number of rotatable bonds is 4. The van der Waals surface area contributed by atoms with Crippen molar-refractivity contribution in [1.82, 2.24) is 9.80 Å². The highest BCUT2D eigenvalue weighted by atomic mass is 16.5. The molecule has 2 aliphatic heterocycles. The molecule has 2 aliphatic rings. The summed E-state index contributed by atoms with van der Waals surface area (Å²) in [5, 5.41) is 9.55. The Morgan fingerprint density at radius 1 is 1.38 bits per heavy atom. The van der Waals surface area contributed by atoms with Gasteiger partial charge in [-0.05, 0) is 39.3 Å². The Balaban J connectivity index is 2.11. The summed E-state index contributed by atoms with van der Waals surface area (Å²) in [4.78, 5) is 17.0. The zero-order valence-corrected chi connectivity index (χ0v) is 13.5. The molecule has 0 aromatic heterocycles. The maximum absolute atomic E-state index is 12.9. The first-order chi connectivity index (χ1) is 10.0. The van der Waals surface area contributed by atoms with Crippen LogP contribution in [0.3, 0.4) is 0 Å². The molecule has 2 fully saturated rings. The number of amides is 1. The predicted octanol–water partition coefficient (Wildman–Crippen LogP) is 1.50. The monoisotopic (exact) mass is 293 g/mol. The van der Waals surface area contributed by atoms with Gasteiger partial charge in [-0.2, -0.15) is 5.26 Å². The zero-order valence-electron chi connectivity index (χ0n) is 13.5. The van der Waals surface area contributed by atoms with E-state index >= 15 is 0 Å². The third-order valence-corrected chi connectivity index (χ3v) is 4.99. The summed E-state index contributed by atoms with van der Waals surface area (Å²) in [5.74, 6) is 0.545. The summed E-state index contributed by atoms with van der Waals surface area (Å²) in [5.41, 5.74) is -0.851. The van der Waals surface area contributed by atoms with Gasteiger partial charge >= 0.3 is 0 Å². The average molecular weight is 293 g/mol. The molecule has 0 radical (unpaired) electrons. The molecule has 2 rings (SSSR count). The molecule has 0 aliphatic carbocycles. The van der Waals surface area contributed by atoms with Crippen LogP contribution in [0.4, 0.5) is 0 Å². The van der Waals surface area contributed by atoms with E-state index in [-0.39, 0.29) is 5.91 Å². The van der Waals surface area contributed by atoms with Crippen LogP contribution in [0.15, 0.2) is 0 Å². The van der Waals surface area contributed by atoms with Crippen molar-refractivity contribution >= 4 is 5.91 Å². The Morgan fingerprint density at radius 3 is 2.57 bits per heavy atom.